The lowest BCUT2D eigenvalue weighted by atomic mass is 9.88. The Morgan fingerprint density at radius 2 is 1.85 bits per heavy atom. The molecule has 2 atom stereocenters. The molecule has 0 aliphatic rings. The molecule has 1 nitrogen and oxygen atoms in total. The summed E-state index contributed by atoms with van der Waals surface area (Å²) in [6.07, 6.45) is -2.15. The highest BCUT2D eigenvalue weighted by Crippen LogP contribution is 2.33. The average Bonchev–Trinajstić information content (AvgIpc) is 2.35. The zero-order valence-corrected chi connectivity index (χ0v) is 12.6. The van der Waals surface area contributed by atoms with E-state index >= 15 is 0 Å². The van der Waals surface area contributed by atoms with Crippen molar-refractivity contribution in [2.24, 2.45) is 5.92 Å². The highest BCUT2D eigenvalue weighted by atomic mass is 19.4. The van der Waals surface area contributed by atoms with Gasteiger partial charge in [0.2, 0.25) is 0 Å². The fourth-order valence-corrected chi connectivity index (χ4v) is 2.66. The van der Waals surface area contributed by atoms with Gasteiger partial charge in [-0.3, -0.25) is 0 Å². The van der Waals surface area contributed by atoms with Crippen molar-refractivity contribution in [3.8, 4) is 0 Å². The molecule has 2 unspecified atom stereocenters. The third kappa shape index (κ3) is 4.23. The molecular weight excluding hydrogens is 263 g/mol. The molecule has 4 heteroatoms. The van der Waals surface area contributed by atoms with Crippen LogP contribution in [0.1, 0.15) is 56.3 Å². The van der Waals surface area contributed by atoms with Gasteiger partial charge in [-0.15, -0.1) is 0 Å². The van der Waals surface area contributed by atoms with Gasteiger partial charge < -0.3 is 5.32 Å². The minimum Gasteiger partial charge on any atom is -0.310 e. The van der Waals surface area contributed by atoms with E-state index < -0.39 is 11.7 Å². The summed E-state index contributed by atoms with van der Waals surface area (Å²) in [7, 11) is 0. The lowest BCUT2D eigenvalue weighted by Gasteiger charge is -2.27. The molecule has 0 fully saturated rings. The van der Waals surface area contributed by atoms with E-state index in [0.717, 1.165) is 24.9 Å². The van der Waals surface area contributed by atoms with Crippen molar-refractivity contribution in [1.82, 2.24) is 5.32 Å². The van der Waals surface area contributed by atoms with Crippen molar-refractivity contribution in [3.05, 3.63) is 34.9 Å². The van der Waals surface area contributed by atoms with E-state index in [1.54, 1.807) is 13.0 Å². The first kappa shape index (κ1) is 17.0. The lowest BCUT2D eigenvalue weighted by Crippen LogP contribution is -2.27. The summed E-state index contributed by atoms with van der Waals surface area (Å²) in [6, 6.07) is 4.17. The van der Waals surface area contributed by atoms with Crippen LogP contribution < -0.4 is 5.32 Å². The summed E-state index contributed by atoms with van der Waals surface area (Å²) >= 11 is 0. The summed E-state index contributed by atoms with van der Waals surface area (Å²) in [5.74, 6) is 0.399. The number of halogens is 3. The molecule has 1 N–H and O–H groups in total. The molecule has 0 aliphatic heterocycles. The standard InChI is InChI=1S/C16H24F3N/c1-5-7-11(3)15(20-6-2)14-9-8-13(10-12(14)4)16(17,18)19/h8-11,15,20H,5-7H2,1-4H3. The summed E-state index contributed by atoms with van der Waals surface area (Å²) in [5.41, 5.74) is 1.10. The second kappa shape index (κ2) is 7.11. The van der Waals surface area contributed by atoms with Gasteiger partial charge in [0.25, 0.3) is 0 Å². The molecule has 0 amide bonds. The summed E-state index contributed by atoms with van der Waals surface area (Å²) < 4.78 is 38.1. The van der Waals surface area contributed by atoms with Crippen molar-refractivity contribution >= 4 is 0 Å². The zero-order valence-electron chi connectivity index (χ0n) is 12.6. The van der Waals surface area contributed by atoms with E-state index in [4.69, 9.17) is 0 Å². The van der Waals surface area contributed by atoms with Crippen LogP contribution in [-0.2, 0) is 6.18 Å². The predicted molar refractivity (Wildman–Crippen MR) is 76.7 cm³/mol. The van der Waals surface area contributed by atoms with Gasteiger partial charge in [-0.1, -0.05) is 33.3 Å². The normalized spacial score (nSPS) is 15.2. The predicted octanol–water partition coefficient (Wildman–Crippen LogP) is 5.10. The van der Waals surface area contributed by atoms with Crippen LogP contribution >= 0.6 is 0 Å². The molecule has 0 saturated carbocycles. The Hall–Kier alpha value is -1.03. The molecule has 0 aromatic heterocycles. The largest absolute Gasteiger partial charge is 0.416 e. The number of rotatable bonds is 6. The van der Waals surface area contributed by atoms with E-state index in [2.05, 4.69) is 19.2 Å². The van der Waals surface area contributed by atoms with Gasteiger partial charge in [0.05, 0.1) is 5.56 Å². The molecule has 1 rings (SSSR count). The van der Waals surface area contributed by atoms with Crippen LogP contribution in [0.3, 0.4) is 0 Å². The Morgan fingerprint density at radius 3 is 2.30 bits per heavy atom. The highest BCUT2D eigenvalue weighted by molar-refractivity contribution is 5.35. The Morgan fingerprint density at radius 1 is 1.20 bits per heavy atom. The van der Waals surface area contributed by atoms with Crippen molar-refractivity contribution in [2.45, 2.75) is 52.8 Å². The quantitative estimate of drug-likeness (QED) is 0.767. The maximum atomic E-state index is 12.7. The van der Waals surface area contributed by atoms with E-state index in [1.807, 2.05) is 6.92 Å². The second-order valence-corrected chi connectivity index (χ2v) is 5.37. The topological polar surface area (TPSA) is 12.0 Å². The number of hydrogen-bond acceptors (Lipinski definition) is 1. The van der Waals surface area contributed by atoms with Crippen molar-refractivity contribution in [2.75, 3.05) is 6.54 Å². The number of hydrogen-bond donors (Lipinski definition) is 1. The first-order valence-electron chi connectivity index (χ1n) is 7.22. The number of benzene rings is 1. The van der Waals surface area contributed by atoms with Crippen LogP contribution in [-0.4, -0.2) is 6.54 Å². The summed E-state index contributed by atoms with van der Waals surface area (Å²) in [5, 5.41) is 3.40. The van der Waals surface area contributed by atoms with Gasteiger partial charge in [-0.25, -0.2) is 0 Å². The molecule has 0 aliphatic carbocycles. The van der Waals surface area contributed by atoms with Crippen LogP contribution in [0.2, 0.25) is 0 Å². The van der Waals surface area contributed by atoms with Gasteiger partial charge in [-0.2, -0.15) is 13.2 Å². The van der Waals surface area contributed by atoms with E-state index in [-0.39, 0.29) is 6.04 Å². The molecule has 1 aromatic rings. The Bertz CT molecular complexity index is 426. The third-order valence-electron chi connectivity index (χ3n) is 3.67. The van der Waals surface area contributed by atoms with Crippen molar-refractivity contribution < 1.29 is 13.2 Å². The minimum atomic E-state index is -4.27. The van der Waals surface area contributed by atoms with E-state index in [9.17, 15) is 13.2 Å². The lowest BCUT2D eigenvalue weighted by molar-refractivity contribution is -0.137. The molecule has 0 heterocycles. The van der Waals surface area contributed by atoms with Gasteiger partial charge in [0, 0.05) is 6.04 Å². The SMILES string of the molecule is CCCC(C)C(NCC)c1ccc(C(F)(F)F)cc1C. The molecule has 0 saturated heterocycles. The first-order chi connectivity index (χ1) is 9.31. The molecule has 1 aromatic carbocycles. The maximum Gasteiger partial charge on any atom is 0.416 e. The molecule has 0 radical (unpaired) electrons. The first-order valence-corrected chi connectivity index (χ1v) is 7.22. The van der Waals surface area contributed by atoms with Crippen LogP contribution in [0.4, 0.5) is 13.2 Å². The summed E-state index contributed by atoms with van der Waals surface area (Å²) in [4.78, 5) is 0. The van der Waals surface area contributed by atoms with Crippen molar-refractivity contribution in [1.29, 1.82) is 0 Å². The second-order valence-electron chi connectivity index (χ2n) is 5.37. The molecule has 114 valence electrons. The molecule has 20 heavy (non-hydrogen) atoms. The van der Waals surface area contributed by atoms with Crippen LogP contribution in [0.15, 0.2) is 18.2 Å². The van der Waals surface area contributed by atoms with Crippen LogP contribution in [0, 0.1) is 12.8 Å². The van der Waals surface area contributed by atoms with Gasteiger partial charge >= 0.3 is 6.18 Å². The third-order valence-corrected chi connectivity index (χ3v) is 3.67. The smallest absolute Gasteiger partial charge is 0.310 e. The number of nitrogens with one attached hydrogen (secondary N) is 1. The van der Waals surface area contributed by atoms with Crippen molar-refractivity contribution in [3.63, 3.8) is 0 Å². The van der Waals surface area contributed by atoms with E-state index in [1.165, 1.54) is 12.1 Å². The number of alkyl halides is 3. The Kier molecular flexibility index (Phi) is 6.06. The number of aryl methyl sites for hydroxylation is 1. The molecular formula is C16H24F3N. The van der Waals surface area contributed by atoms with Crippen LogP contribution in [0.25, 0.3) is 0 Å². The highest BCUT2D eigenvalue weighted by Gasteiger charge is 2.31. The van der Waals surface area contributed by atoms with Gasteiger partial charge in [0.15, 0.2) is 0 Å². The molecule has 0 spiro atoms. The fourth-order valence-electron chi connectivity index (χ4n) is 2.66. The molecule has 0 bridgehead atoms. The minimum absolute atomic E-state index is 0.113. The Balaban J connectivity index is 3.08. The monoisotopic (exact) mass is 287 g/mol. The summed E-state index contributed by atoms with van der Waals surface area (Å²) in [6.45, 7) is 8.85. The fraction of sp³-hybridized carbons (Fsp3) is 0.625. The van der Waals surface area contributed by atoms with Gasteiger partial charge in [-0.05, 0) is 49.1 Å². The maximum absolute atomic E-state index is 12.7. The van der Waals surface area contributed by atoms with E-state index in [0.29, 0.717) is 11.5 Å². The average molecular weight is 287 g/mol. The zero-order chi connectivity index (χ0) is 15.3. The van der Waals surface area contributed by atoms with Gasteiger partial charge in [0.1, 0.15) is 0 Å². The Labute approximate surface area is 119 Å². The van der Waals surface area contributed by atoms with Crippen LogP contribution in [0.5, 0.6) is 0 Å².